The third kappa shape index (κ3) is 2.18. The average Bonchev–Trinajstić information content (AvgIpc) is 2.66. The number of aryl methyl sites for hydroxylation is 1. The summed E-state index contributed by atoms with van der Waals surface area (Å²) in [4.78, 5) is 4.16. The molecule has 0 amide bonds. The molecule has 0 atom stereocenters. The van der Waals surface area contributed by atoms with Gasteiger partial charge in [-0.3, -0.25) is 0 Å². The Kier molecular flexibility index (Phi) is 3.22. The summed E-state index contributed by atoms with van der Waals surface area (Å²) in [5.41, 5.74) is 4.48. The van der Waals surface area contributed by atoms with Crippen LogP contribution in [0.2, 0.25) is 5.15 Å². The predicted octanol–water partition coefficient (Wildman–Crippen LogP) is 4.49. The van der Waals surface area contributed by atoms with E-state index in [1.54, 1.807) is 18.3 Å². The molecule has 2 nitrogen and oxygen atoms in total. The van der Waals surface area contributed by atoms with Gasteiger partial charge in [-0.2, -0.15) is 0 Å². The second-order valence-corrected chi connectivity index (χ2v) is 5.33. The van der Waals surface area contributed by atoms with Crippen molar-refractivity contribution in [2.24, 2.45) is 0 Å². The summed E-state index contributed by atoms with van der Waals surface area (Å²) in [6, 6.07) is 8.47. The molecule has 0 fully saturated rings. The topological polar surface area (TPSA) is 17.8 Å². The van der Waals surface area contributed by atoms with Crippen LogP contribution in [0.1, 0.15) is 16.8 Å². The minimum absolute atomic E-state index is 0.215. The molecule has 0 aliphatic heterocycles. The molecule has 3 aromatic rings. The lowest BCUT2D eigenvalue weighted by atomic mass is 10.2. The first-order valence-electron chi connectivity index (χ1n) is 6.41. The molecule has 102 valence electrons. The van der Waals surface area contributed by atoms with E-state index in [-0.39, 0.29) is 5.82 Å². The number of nitrogens with zero attached hydrogens (tertiary/aromatic N) is 2. The molecule has 3 rings (SSSR count). The number of halogens is 2. The van der Waals surface area contributed by atoms with Crippen molar-refractivity contribution in [3.05, 3.63) is 64.3 Å². The van der Waals surface area contributed by atoms with Crippen molar-refractivity contribution in [1.82, 2.24) is 9.55 Å². The van der Waals surface area contributed by atoms with Crippen LogP contribution in [0.3, 0.4) is 0 Å². The Hall–Kier alpha value is -1.87. The Balaban J connectivity index is 2.11. The minimum atomic E-state index is -0.215. The monoisotopic (exact) mass is 288 g/mol. The van der Waals surface area contributed by atoms with Gasteiger partial charge >= 0.3 is 0 Å². The Morgan fingerprint density at radius 3 is 2.60 bits per heavy atom. The molecule has 1 aromatic carbocycles. The number of hydrogen-bond donors (Lipinski definition) is 0. The average molecular weight is 289 g/mol. The quantitative estimate of drug-likeness (QED) is 0.635. The summed E-state index contributed by atoms with van der Waals surface area (Å²) >= 11 is 5.97. The van der Waals surface area contributed by atoms with Gasteiger partial charge in [0.15, 0.2) is 0 Å². The standard InChI is InChI=1S/C16H14ClFN2/c1-10-11(2)20(9-12-3-5-13(18)6-4-12)15-8-19-16(17)7-14(10)15/h3-8H,9H2,1-2H3. The molecule has 0 N–H and O–H groups in total. The zero-order chi connectivity index (χ0) is 14.3. The molecule has 4 heteroatoms. The van der Waals surface area contributed by atoms with Crippen LogP contribution in [-0.2, 0) is 6.54 Å². The van der Waals surface area contributed by atoms with Crippen LogP contribution in [0.5, 0.6) is 0 Å². The van der Waals surface area contributed by atoms with Gasteiger partial charge < -0.3 is 4.57 Å². The maximum absolute atomic E-state index is 13.0. The van der Waals surface area contributed by atoms with Crippen LogP contribution in [0.15, 0.2) is 36.5 Å². The highest BCUT2D eigenvalue weighted by molar-refractivity contribution is 6.30. The lowest BCUT2D eigenvalue weighted by molar-refractivity contribution is 0.626. The van der Waals surface area contributed by atoms with Crippen molar-refractivity contribution in [1.29, 1.82) is 0 Å². The number of pyridine rings is 1. The van der Waals surface area contributed by atoms with Gasteiger partial charge in [0.2, 0.25) is 0 Å². The fourth-order valence-electron chi connectivity index (χ4n) is 2.49. The van der Waals surface area contributed by atoms with Crippen molar-refractivity contribution in [3.8, 4) is 0 Å². The molecule has 0 radical (unpaired) electrons. The number of fused-ring (bicyclic) bond motifs is 1. The molecule has 0 aliphatic carbocycles. The lowest BCUT2D eigenvalue weighted by Gasteiger charge is -2.08. The van der Waals surface area contributed by atoms with Crippen molar-refractivity contribution >= 4 is 22.5 Å². The molecule has 2 heterocycles. The zero-order valence-electron chi connectivity index (χ0n) is 11.3. The highest BCUT2D eigenvalue weighted by Crippen LogP contribution is 2.27. The number of hydrogen-bond acceptors (Lipinski definition) is 1. The van der Waals surface area contributed by atoms with Crippen molar-refractivity contribution < 1.29 is 4.39 Å². The van der Waals surface area contributed by atoms with E-state index in [0.717, 1.165) is 16.5 Å². The van der Waals surface area contributed by atoms with E-state index in [2.05, 4.69) is 23.4 Å². The maximum Gasteiger partial charge on any atom is 0.129 e. The highest BCUT2D eigenvalue weighted by Gasteiger charge is 2.12. The van der Waals surface area contributed by atoms with Gasteiger partial charge in [0.05, 0.1) is 11.7 Å². The van der Waals surface area contributed by atoms with E-state index in [4.69, 9.17) is 11.6 Å². The lowest BCUT2D eigenvalue weighted by Crippen LogP contribution is -2.02. The van der Waals surface area contributed by atoms with Gasteiger partial charge in [0.1, 0.15) is 11.0 Å². The molecular formula is C16H14ClFN2. The molecular weight excluding hydrogens is 275 g/mol. The minimum Gasteiger partial charge on any atom is -0.339 e. The van der Waals surface area contributed by atoms with Gasteiger partial charge in [0, 0.05) is 17.6 Å². The molecule has 2 aromatic heterocycles. The Labute approximate surface area is 121 Å². The van der Waals surface area contributed by atoms with E-state index in [0.29, 0.717) is 11.7 Å². The summed E-state index contributed by atoms with van der Waals surface area (Å²) in [5, 5.41) is 1.61. The highest BCUT2D eigenvalue weighted by atomic mass is 35.5. The van der Waals surface area contributed by atoms with E-state index < -0.39 is 0 Å². The summed E-state index contributed by atoms with van der Waals surface area (Å²) in [7, 11) is 0. The normalized spacial score (nSPS) is 11.2. The number of benzene rings is 1. The van der Waals surface area contributed by atoms with Gasteiger partial charge in [-0.25, -0.2) is 9.37 Å². The second-order valence-electron chi connectivity index (χ2n) is 4.95. The first-order valence-corrected chi connectivity index (χ1v) is 6.79. The third-order valence-corrected chi connectivity index (χ3v) is 3.95. The Morgan fingerprint density at radius 1 is 1.20 bits per heavy atom. The van der Waals surface area contributed by atoms with Crippen LogP contribution >= 0.6 is 11.6 Å². The third-order valence-electron chi connectivity index (χ3n) is 3.75. The van der Waals surface area contributed by atoms with E-state index in [9.17, 15) is 4.39 Å². The van der Waals surface area contributed by atoms with E-state index in [1.807, 2.05) is 6.07 Å². The van der Waals surface area contributed by atoms with Crippen LogP contribution in [0.4, 0.5) is 4.39 Å². The van der Waals surface area contributed by atoms with Gasteiger partial charge in [-0.15, -0.1) is 0 Å². The summed E-state index contributed by atoms with van der Waals surface area (Å²) in [6.07, 6.45) is 1.79. The predicted molar refractivity (Wildman–Crippen MR) is 79.7 cm³/mol. The Bertz CT molecular complexity index is 775. The SMILES string of the molecule is Cc1c(C)n(Cc2ccc(F)cc2)c2cnc(Cl)cc12. The van der Waals surface area contributed by atoms with E-state index >= 15 is 0 Å². The maximum atomic E-state index is 13.0. The van der Waals surface area contributed by atoms with Gasteiger partial charge in [-0.1, -0.05) is 23.7 Å². The summed E-state index contributed by atoms with van der Waals surface area (Å²) in [6.45, 7) is 4.85. The fraction of sp³-hybridized carbons (Fsp3) is 0.188. The largest absolute Gasteiger partial charge is 0.339 e. The fourth-order valence-corrected chi connectivity index (χ4v) is 2.65. The van der Waals surface area contributed by atoms with Crippen molar-refractivity contribution in [3.63, 3.8) is 0 Å². The zero-order valence-corrected chi connectivity index (χ0v) is 12.1. The second kappa shape index (κ2) is 4.91. The van der Waals surface area contributed by atoms with Crippen LogP contribution < -0.4 is 0 Å². The smallest absolute Gasteiger partial charge is 0.129 e. The molecule has 0 bridgehead atoms. The summed E-state index contributed by atoms with van der Waals surface area (Å²) in [5.74, 6) is -0.215. The number of rotatable bonds is 2. The number of aromatic nitrogens is 2. The van der Waals surface area contributed by atoms with Crippen LogP contribution in [0, 0.1) is 19.7 Å². The molecule has 20 heavy (non-hydrogen) atoms. The van der Waals surface area contributed by atoms with Gasteiger partial charge in [-0.05, 0) is 43.2 Å². The van der Waals surface area contributed by atoms with Crippen molar-refractivity contribution in [2.75, 3.05) is 0 Å². The first-order chi connectivity index (χ1) is 9.56. The van der Waals surface area contributed by atoms with Crippen LogP contribution in [-0.4, -0.2) is 9.55 Å². The molecule has 0 unspecified atom stereocenters. The summed E-state index contributed by atoms with van der Waals surface area (Å²) < 4.78 is 15.2. The van der Waals surface area contributed by atoms with Crippen LogP contribution in [0.25, 0.3) is 10.9 Å². The molecule has 0 saturated carbocycles. The Morgan fingerprint density at radius 2 is 1.90 bits per heavy atom. The van der Waals surface area contributed by atoms with Crippen molar-refractivity contribution in [2.45, 2.75) is 20.4 Å². The first kappa shape index (κ1) is 13.1. The van der Waals surface area contributed by atoms with Gasteiger partial charge in [0.25, 0.3) is 0 Å². The molecule has 0 aliphatic rings. The molecule has 0 spiro atoms. The van der Waals surface area contributed by atoms with E-state index in [1.165, 1.54) is 23.4 Å². The molecule has 0 saturated heterocycles.